The molecular formula is C39H76NO8P. The second kappa shape index (κ2) is 36.5. The minimum Gasteiger partial charge on any atom is -0.462 e. The van der Waals surface area contributed by atoms with Crippen LogP contribution < -0.4 is 5.73 Å². The molecule has 2 atom stereocenters. The summed E-state index contributed by atoms with van der Waals surface area (Å²) in [4.78, 5) is 34.7. The van der Waals surface area contributed by atoms with Gasteiger partial charge in [0.05, 0.1) is 13.2 Å². The quantitative estimate of drug-likeness (QED) is 0.0277. The molecule has 10 heteroatoms. The number of unbranched alkanes of at least 4 members (excludes halogenated alkanes) is 23. The number of esters is 2. The highest BCUT2D eigenvalue weighted by Crippen LogP contribution is 2.43. The lowest BCUT2D eigenvalue weighted by molar-refractivity contribution is -0.161. The van der Waals surface area contributed by atoms with Crippen LogP contribution in [0.1, 0.15) is 194 Å². The van der Waals surface area contributed by atoms with Gasteiger partial charge in [-0.3, -0.25) is 18.6 Å². The van der Waals surface area contributed by atoms with Crippen LogP contribution in [0.25, 0.3) is 0 Å². The Morgan fingerprint density at radius 1 is 0.592 bits per heavy atom. The second-order valence-electron chi connectivity index (χ2n) is 13.5. The molecule has 0 saturated carbocycles. The summed E-state index contributed by atoms with van der Waals surface area (Å²) in [6, 6.07) is 0. The first-order valence-electron chi connectivity index (χ1n) is 20.2. The first-order valence-corrected chi connectivity index (χ1v) is 21.7. The third kappa shape index (κ3) is 36.3. The molecular weight excluding hydrogens is 641 g/mol. The van der Waals surface area contributed by atoms with Crippen molar-refractivity contribution >= 4 is 19.8 Å². The van der Waals surface area contributed by atoms with Gasteiger partial charge in [0, 0.05) is 19.4 Å². The summed E-state index contributed by atoms with van der Waals surface area (Å²) in [5, 5.41) is 0. The van der Waals surface area contributed by atoms with Gasteiger partial charge in [-0.05, 0) is 38.5 Å². The van der Waals surface area contributed by atoms with E-state index >= 15 is 0 Å². The monoisotopic (exact) mass is 718 g/mol. The predicted molar refractivity (Wildman–Crippen MR) is 201 cm³/mol. The zero-order valence-electron chi connectivity index (χ0n) is 31.7. The van der Waals surface area contributed by atoms with Crippen molar-refractivity contribution in [2.75, 3.05) is 26.4 Å². The minimum atomic E-state index is -4.37. The Morgan fingerprint density at radius 3 is 1.45 bits per heavy atom. The van der Waals surface area contributed by atoms with Crippen molar-refractivity contribution in [2.45, 2.75) is 200 Å². The molecule has 0 aromatic rings. The highest BCUT2D eigenvalue weighted by Gasteiger charge is 2.26. The largest absolute Gasteiger partial charge is 0.472 e. The first-order chi connectivity index (χ1) is 23.8. The van der Waals surface area contributed by atoms with E-state index in [4.69, 9.17) is 24.3 Å². The van der Waals surface area contributed by atoms with Gasteiger partial charge < -0.3 is 20.1 Å². The summed E-state index contributed by atoms with van der Waals surface area (Å²) in [5.41, 5.74) is 5.33. The van der Waals surface area contributed by atoms with Crippen LogP contribution >= 0.6 is 7.82 Å². The van der Waals surface area contributed by atoms with Gasteiger partial charge in [-0.15, -0.1) is 0 Å². The molecule has 3 N–H and O–H groups in total. The number of ether oxygens (including phenoxy) is 2. The van der Waals surface area contributed by atoms with Crippen molar-refractivity contribution in [1.29, 1.82) is 0 Å². The van der Waals surface area contributed by atoms with E-state index in [0.29, 0.717) is 6.42 Å². The van der Waals surface area contributed by atoms with Crippen LogP contribution in [0.3, 0.4) is 0 Å². The third-order valence-corrected chi connectivity index (χ3v) is 9.64. The molecule has 0 fully saturated rings. The number of allylic oxidation sites excluding steroid dienone is 2. The van der Waals surface area contributed by atoms with Crippen molar-refractivity contribution in [1.82, 2.24) is 0 Å². The zero-order chi connectivity index (χ0) is 36.1. The zero-order valence-corrected chi connectivity index (χ0v) is 32.6. The normalized spacial score (nSPS) is 13.5. The van der Waals surface area contributed by atoms with E-state index in [-0.39, 0.29) is 38.6 Å². The molecule has 0 amide bonds. The van der Waals surface area contributed by atoms with Gasteiger partial charge in [-0.1, -0.05) is 154 Å². The molecule has 49 heavy (non-hydrogen) atoms. The van der Waals surface area contributed by atoms with E-state index in [0.717, 1.165) is 32.1 Å². The Labute approximate surface area is 300 Å². The van der Waals surface area contributed by atoms with Gasteiger partial charge in [0.25, 0.3) is 0 Å². The molecule has 0 aliphatic carbocycles. The van der Waals surface area contributed by atoms with Crippen molar-refractivity contribution in [3.63, 3.8) is 0 Å². The maximum atomic E-state index is 12.5. The number of carbonyl (C=O) groups is 2. The molecule has 0 spiro atoms. The number of hydrogen-bond donors (Lipinski definition) is 2. The Bertz CT molecular complexity index is 825. The maximum absolute atomic E-state index is 12.5. The van der Waals surface area contributed by atoms with Crippen LogP contribution in [0.15, 0.2) is 12.2 Å². The fourth-order valence-electron chi connectivity index (χ4n) is 5.63. The number of phosphoric ester groups is 1. The average molecular weight is 718 g/mol. The van der Waals surface area contributed by atoms with E-state index in [1.807, 2.05) is 0 Å². The number of carbonyl (C=O) groups excluding carboxylic acids is 2. The molecule has 0 rings (SSSR count). The third-order valence-electron chi connectivity index (χ3n) is 8.65. The number of nitrogens with two attached hydrogens (primary N) is 1. The molecule has 290 valence electrons. The van der Waals surface area contributed by atoms with Crippen LogP contribution in [-0.4, -0.2) is 49.3 Å². The van der Waals surface area contributed by atoms with E-state index in [2.05, 4.69) is 26.0 Å². The Hall–Kier alpha value is -1.25. The lowest BCUT2D eigenvalue weighted by Crippen LogP contribution is -2.29. The summed E-state index contributed by atoms with van der Waals surface area (Å²) < 4.78 is 32.7. The van der Waals surface area contributed by atoms with Gasteiger partial charge in [-0.2, -0.15) is 0 Å². The molecule has 0 heterocycles. The molecule has 0 saturated heterocycles. The smallest absolute Gasteiger partial charge is 0.462 e. The lowest BCUT2D eigenvalue weighted by atomic mass is 10.1. The fraction of sp³-hybridized carbons (Fsp3) is 0.897. The summed E-state index contributed by atoms with van der Waals surface area (Å²) in [6.45, 7) is 3.72. The second-order valence-corrected chi connectivity index (χ2v) is 15.0. The van der Waals surface area contributed by atoms with Gasteiger partial charge in [0.1, 0.15) is 6.61 Å². The predicted octanol–water partition coefficient (Wildman–Crippen LogP) is 11.1. The summed E-state index contributed by atoms with van der Waals surface area (Å²) in [7, 11) is -4.37. The van der Waals surface area contributed by atoms with E-state index in [1.165, 1.54) is 128 Å². The number of phosphoric acid groups is 1. The SMILES string of the molecule is CCCCCCCC/C=C\CCCCCCCCCC(=O)OC[C@H](COP(=O)(O)OCCN)OC(=O)CCCCCCCCCCCCC. The topological polar surface area (TPSA) is 134 Å². The summed E-state index contributed by atoms with van der Waals surface area (Å²) in [5.74, 6) is -0.828. The lowest BCUT2D eigenvalue weighted by Gasteiger charge is -2.19. The molecule has 0 aromatic heterocycles. The Balaban J connectivity index is 4.14. The molecule has 9 nitrogen and oxygen atoms in total. The van der Waals surface area contributed by atoms with Gasteiger partial charge >= 0.3 is 19.8 Å². The molecule has 0 aliphatic rings. The van der Waals surface area contributed by atoms with Crippen molar-refractivity contribution < 1.29 is 37.6 Å². The highest BCUT2D eigenvalue weighted by molar-refractivity contribution is 7.47. The summed E-state index contributed by atoms with van der Waals surface area (Å²) in [6.07, 6.45) is 35.2. The van der Waals surface area contributed by atoms with Crippen LogP contribution in [0, 0.1) is 0 Å². The molecule has 0 radical (unpaired) electrons. The maximum Gasteiger partial charge on any atom is 0.472 e. The fourth-order valence-corrected chi connectivity index (χ4v) is 6.39. The van der Waals surface area contributed by atoms with E-state index in [1.54, 1.807) is 0 Å². The minimum absolute atomic E-state index is 0.0555. The van der Waals surface area contributed by atoms with Crippen molar-refractivity contribution in [3.05, 3.63) is 12.2 Å². The van der Waals surface area contributed by atoms with Gasteiger partial charge in [0.15, 0.2) is 6.10 Å². The highest BCUT2D eigenvalue weighted by atomic mass is 31.2. The number of rotatable bonds is 38. The van der Waals surface area contributed by atoms with Crippen molar-refractivity contribution in [2.24, 2.45) is 5.73 Å². The molecule has 1 unspecified atom stereocenters. The van der Waals surface area contributed by atoms with Crippen LogP contribution in [-0.2, 0) is 32.7 Å². The van der Waals surface area contributed by atoms with Crippen LogP contribution in [0.2, 0.25) is 0 Å². The van der Waals surface area contributed by atoms with Crippen molar-refractivity contribution in [3.8, 4) is 0 Å². The first kappa shape index (κ1) is 47.8. The molecule has 0 aromatic carbocycles. The molecule has 0 bridgehead atoms. The van der Waals surface area contributed by atoms with E-state index < -0.39 is 26.5 Å². The van der Waals surface area contributed by atoms with Gasteiger partial charge in [0.2, 0.25) is 0 Å². The average Bonchev–Trinajstić information content (AvgIpc) is 3.08. The molecule has 0 aliphatic heterocycles. The standard InChI is InChI=1S/C39H76NO8P/c1-3-5-7-9-11-13-15-16-17-18-19-20-22-23-25-27-29-31-38(41)45-35-37(36-47-49(43,44)46-34-33-40)48-39(42)32-30-28-26-24-21-14-12-10-8-6-4-2/h16-17,37H,3-15,18-36,40H2,1-2H3,(H,43,44)/b17-16-/t37-/m1/s1. The Kier molecular flexibility index (Phi) is 35.6. The Morgan fingerprint density at radius 2 is 1.00 bits per heavy atom. The van der Waals surface area contributed by atoms with Gasteiger partial charge in [-0.25, -0.2) is 4.57 Å². The van der Waals surface area contributed by atoms with Crippen LogP contribution in [0.4, 0.5) is 0 Å². The van der Waals surface area contributed by atoms with Crippen LogP contribution in [0.5, 0.6) is 0 Å². The summed E-state index contributed by atoms with van der Waals surface area (Å²) >= 11 is 0. The van der Waals surface area contributed by atoms with E-state index in [9.17, 15) is 19.0 Å². The number of hydrogen-bond acceptors (Lipinski definition) is 8.